The molecule has 0 aliphatic carbocycles. The number of amides is 2. The summed E-state index contributed by atoms with van der Waals surface area (Å²) in [7, 11) is 3.67. The number of carbonyl (C=O) groups is 2. The van der Waals surface area contributed by atoms with Gasteiger partial charge in [0.2, 0.25) is 5.91 Å². The summed E-state index contributed by atoms with van der Waals surface area (Å²) in [5.41, 5.74) is 1.78. The highest BCUT2D eigenvalue weighted by atomic mass is 35.5. The molecule has 1 aliphatic rings. The number of carbonyl (C=O) groups excluding carboxylic acids is 2. The number of fused-ring (bicyclic) bond motifs is 1. The number of halogens is 1. The van der Waals surface area contributed by atoms with E-state index in [9.17, 15) is 18.4 Å². The zero-order valence-corrected chi connectivity index (χ0v) is 21.9. The summed E-state index contributed by atoms with van der Waals surface area (Å²) in [5.74, 6) is -0.376. The van der Waals surface area contributed by atoms with Crippen molar-refractivity contribution in [2.45, 2.75) is 31.8 Å². The molecule has 2 amide bonds. The number of hydrogen-bond donors (Lipinski definition) is 2. The Hall–Kier alpha value is -2.98. The Labute approximate surface area is 218 Å². The van der Waals surface area contributed by atoms with Crippen LogP contribution in [0.15, 0.2) is 60.7 Å². The maximum atomic E-state index is 13.5. The molecule has 1 fully saturated rings. The first-order chi connectivity index (χ1) is 17.2. The van der Waals surface area contributed by atoms with Crippen molar-refractivity contribution < 1.29 is 18.4 Å². The molecule has 0 bridgehead atoms. The van der Waals surface area contributed by atoms with Crippen molar-refractivity contribution >= 4 is 62.5 Å². The average Bonchev–Trinajstić information content (AvgIpc) is 2.85. The number of benzene rings is 3. The summed E-state index contributed by atoms with van der Waals surface area (Å²) in [6.07, 6.45) is 1.13. The van der Waals surface area contributed by atoms with Crippen molar-refractivity contribution in [3.63, 3.8) is 0 Å². The molecule has 8 nitrogen and oxygen atoms in total. The third-order valence-corrected chi connectivity index (χ3v) is 7.54. The molecule has 0 saturated carbocycles. The number of likely N-dealkylation sites (N-methyl/N-ethyl adjacent to an activating group) is 1. The second-order valence-electron chi connectivity index (χ2n) is 9.06. The van der Waals surface area contributed by atoms with Crippen LogP contribution in [0.2, 0.25) is 5.02 Å². The normalized spacial score (nSPS) is 17.8. The second-order valence-corrected chi connectivity index (χ2v) is 10.3. The SMILES string of the molecule is CC(C(=O)Nc1ccc(N2CCCC(N(c3ccc4cc(Cl)ccc4c3)S(=O)O)C2=O)cc1)N(C)C. The molecule has 0 radical (unpaired) electrons. The van der Waals surface area contributed by atoms with E-state index in [1.165, 1.54) is 4.31 Å². The Morgan fingerprint density at radius 3 is 2.44 bits per heavy atom. The molecule has 3 unspecified atom stereocenters. The van der Waals surface area contributed by atoms with Crippen molar-refractivity contribution in [3.8, 4) is 0 Å². The highest BCUT2D eigenvalue weighted by molar-refractivity contribution is 7.80. The highest BCUT2D eigenvalue weighted by Gasteiger charge is 2.37. The number of anilines is 3. The molecule has 190 valence electrons. The van der Waals surface area contributed by atoms with Crippen LogP contribution in [0.4, 0.5) is 17.1 Å². The Balaban J connectivity index is 1.55. The highest BCUT2D eigenvalue weighted by Crippen LogP contribution is 2.31. The van der Waals surface area contributed by atoms with Gasteiger partial charge in [-0.15, -0.1) is 0 Å². The summed E-state index contributed by atoms with van der Waals surface area (Å²) in [5, 5.41) is 5.23. The summed E-state index contributed by atoms with van der Waals surface area (Å²) < 4.78 is 23.9. The predicted octanol–water partition coefficient (Wildman–Crippen LogP) is 4.52. The molecule has 4 rings (SSSR count). The second kappa shape index (κ2) is 11.0. The van der Waals surface area contributed by atoms with Gasteiger partial charge in [-0.25, -0.2) is 4.21 Å². The van der Waals surface area contributed by atoms with Gasteiger partial charge in [-0.3, -0.25) is 23.3 Å². The van der Waals surface area contributed by atoms with Crippen molar-refractivity contribution in [2.24, 2.45) is 0 Å². The lowest BCUT2D eigenvalue weighted by atomic mass is 10.0. The Morgan fingerprint density at radius 1 is 1.11 bits per heavy atom. The minimum absolute atomic E-state index is 0.124. The Bertz CT molecular complexity index is 1300. The van der Waals surface area contributed by atoms with Crippen LogP contribution in [0.3, 0.4) is 0 Å². The lowest BCUT2D eigenvalue weighted by molar-refractivity contribution is -0.121. The van der Waals surface area contributed by atoms with Crippen LogP contribution in [0.1, 0.15) is 19.8 Å². The van der Waals surface area contributed by atoms with Crippen LogP contribution >= 0.6 is 11.6 Å². The third kappa shape index (κ3) is 5.54. The molecule has 3 aromatic rings. The number of hydrogen-bond acceptors (Lipinski definition) is 4. The minimum atomic E-state index is -2.40. The van der Waals surface area contributed by atoms with Crippen LogP contribution in [0.5, 0.6) is 0 Å². The number of piperidine rings is 1. The first-order valence-corrected chi connectivity index (χ1v) is 13.1. The fourth-order valence-electron chi connectivity index (χ4n) is 4.26. The molecule has 1 saturated heterocycles. The van der Waals surface area contributed by atoms with Crippen LogP contribution in [-0.4, -0.2) is 58.2 Å². The van der Waals surface area contributed by atoms with E-state index in [1.807, 2.05) is 44.1 Å². The van der Waals surface area contributed by atoms with Crippen molar-refractivity contribution in [2.75, 3.05) is 35.2 Å². The molecule has 10 heteroatoms. The topological polar surface area (TPSA) is 93.2 Å². The van der Waals surface area contributed by atoms with E-state index in [1.54, 1.807) is 47.4 Å². The van der Waals surface area contributed by atoms with E-state index < -0.39 is 17.3 Å². The van der Waals surface area contributed by atoms with E-state index in [0.717, 1.165) is 10.8 Å². The molecule has 1 aliphatic heterocycles. The van der Waals surface area contributed by atoms with Gasteiger partial charge in [0, 0.05) is 22.9 Å². The summed E-state index contributed by atoms with van der Waals surface area (Å²) in [6.45, 7) is 2.32. The molecule has 2 N–H and O–H groups in total. The van der Waals surface area contributed by atoms with Gasteiger partial charge in [0.15, 0.2) is 0 Å². The van der Waals surface area contributed by atoms with Crippen molar-refractivity contribution in [1.29, 1.82) is 0 Å². The summed E-state index contributed by atoms with van der Waals surface area (Å²) in [6, 6.07) is 16.7. The molecule has 36 heavy (non-hydrogen) atoms. The largest absolute Gasteiger partial charge is 0.325 e. The molecule has 0 aromatic heterocycles. The van der Waals surface area contributed by atoms with E-state index in [0.29, 0.717) is 41.5 Å². The predicted molar refractivity (Wildman–Crippen MR) is 146 cm³/mol. The van der Waals surface area contributed by atoms with Crippen LogP contribution in [0.25, 0.3) is 10.8 Å². The number of nitrogens with zero attached hydrogens (tertiary/aromatic N) is 3. The van der Waals surface area contributed by atoms with Gasteiger partial charge in [-0.1, -0.05) is 23.7 Å². The van der Waals surface area contributed by atoms with Crippen molar-refractivity contribution in [1.82, 2.24) is 4.90 Å². The molecular weight excluding hydrogens is 500 g/mol. The number of rotatable bonds is 7. The Kier molecular flexibility index (Phi) is 7.94. The standard InChI is InChI=1S/C26H29ClN4O4S/c1-17(29(2)3)25(32)28-21-9-12-22(13-10-21)30-14-4-5-24(26(30)33)31(36(34)35)23-11-7-18-15-20(27)8-6-19(18)16-23/h6-13,15-17,24H,4-5,14H2,1-3H3,(H,28,32)(H,34,35). The average molecular weight is 529 g/mol. The summed E-state index contributed by atoms with van der Waals surface area (Å²) >= 11 is 3.67. The van der Waals surface area contributed by atoms with Crippen molar-refractivity contribution in [3.05, 3.63) is 65.7 Å². The van der Waals surface area contributed by atoms with E-state index in [-0.39, 0.29) is 17.9 Å². The fraction of sp³-hybridized carbons (Fsp3) is 0.308. The lowest BCUT2D eigenvalue weighted by Gasteiger charge is -2.37. The monoisotopic (exact) mass is 528 g/mol. The lowest BCUT2D eigenvalue weighted by Crippen LogP contribution is -2.53. The van der Waals surface area contributed by atoms with E-state index in [4.69, 9.17) is 11.6 Å². The maximum Gasteiger partial charge on any atom is 0.262 e. The number of nitrogens with one attached hydrogen (secondary N) is 1. The van der Waals surface area contributed by atoms with Gasteiger partial charge in [0.25, 0.3) is 17.2 Å². The van der Waals surface area contributed by atoms with Gasteiger partial charge >= 0.3 is 0 Å². The molecule has 3 aromatic carbocycles. The first kappa shape index (κ1) is 26.1. The quantitative estimate of drug-likeness (QED) is 0.440. The van der Waals surface area contributed by atoms with Gasteiger partial charge < -0.3 is 10.2 Å². The third-order valence-electron chi connectivity index (χ3n) is 6.50. The molecular formula is C26H29ClN4O4S. The van der Waals surface area contributed by atoms with Crippen LogP contribution < -0.4 is 14.5 Å². The fourth-order valence-corrected chi connectivity index (χ4v) is 5.14. The summed E-state index contributed by atoms with van der Waals surface area (Å²) in [4.78, 5) is 29.3. The smallest absolute Gasteiger partial charge is 0.262 e. The first-order valence-electron chi connectivity index (χ1n) is 11.6. The van der Waals surface area contributed by atoms with Crippen LogP contribution in [-0.2, 0) is 20.9 Å². The molecule has 0 spiro atoms. The minimum Gasteiger partial charge on any atom is -0.325 e. The van der Waals surface area contributed by atoms with Crippen LogP contribution in [0, 0.1) is 0 Å². The zero-order chi connectivity index (χ0) is 26.0. The molecule has 1 heterocycles. The molecule has 3 atom stereocenters. The van der Waals surface area contributed by atoms with E-state index >= 15 is 0 Å². The maximum absolute atomic E-state index is 13.5. The van der Waals surface area contributed by atoms with Gasteiger partial charge in [0.05, 0.1) is 11.7 Å². The van der Waals surface area contributed by atoms with Gasteiger partial charge in [0.1, 0.15) is 6.04 Å². The van der Waals surface area contributed by atoms with E-state index in [2.05, 4.69) is 5.32 Å². The zero-order valence-electron chi connectivity index (χ0n) is 20.3. The Morgan fingerprint density at radius 2 is 1.78 bits per heavy atom. The van der Waals surface area contributed by atoms with Gasteiger partial charge in [-0.2, -0.15) is 0 Å². The van der Waals surface area contributed by atoms with Gasteiger partial charge in [-0.05, 0) is 93.2 Å².